The van der Waals surface area contributed by atoms with Gasteiger partial charge in [0.25, 0.3) is 0 Å². The molecule has 1 aliphatic rings. The average Bonchev–Trinajstić information content (AvgIpc) is 2.84. The molecule has 0 bridgehead atoms. The van der Waals surface area contributed by atoms with Crippen LogP contribution < -0.4 is 10.2 Å². The first-order valence-electron chi connectivity index (χ1n) is 6.54. The average molecular weight is 253 g/mol. The minimum absolute atomic E-state index is 0.515. The Morgan fingerprint density at radius 2 is 2.29 bits per heavy atom. The molecule has 2 heterocycles. The number of nitrogens with zero attached hydrogens (tertiary/aromatic N) is 2. The fourth-order valence-corrected chi connectivity index (χ4v) is 3.78. The molecule has 2 rings (SSSR count). The molecule has 0 aliphatic carbocycles. The number of thiazole rings is 1. The second-order valence-corrected chi connectivity index (χ2v) is 6.24. The Bertz CT molecular complexity index is 373. The monoisotopic (exact) mass is 253 g/mol. The molecule has 3 nitrogen and oxygen atoms in total. The molecule has 1 atom stereocenters. The van der Waals surface area contributed by atoms with Crippen molar-refractivity contribution in [2.75, 3.05) is 18.5 Å². The molecule has 1 N–H and O–H groups in total. The minimum Gasteiger partial charge on any atom is -0.345 e. The zero-order valence-corrected chi connectivity index (χ0v) is 12.1. The lowest BCUT2D eigenvalue weighted by molar-refractivity contribution is 0.726. The lowest BCUT2D eigenvalue weighted by Crippen LogP contribution is -2.26. The third-order valence-electron chi connectivity index (χ3n) is 3.40. The van der Waals surface area contributed by atoms with E-state index in [1.165, 1.54) is 35.1 Å². The van der Waals surface area contributed by atoms with Crippen LogP contribution in [-0.2, 0) is 6.54 Å². The van der Waals surface area contributed by atoms with Gasteiger partial charge in [-0.1, -0.05) is 13.8 Å². The lowest BCUT2D eigenvalue weighted by Gasteiger charge is -2.19. The molecule has 0 spiro atoms. The highest BCUT2D eigenvalue weighted by Crippen LogP contribution is 2.34. The van der Waals surface area contributed by atoms with Gasteiger partial charge < -0.3 is 10.2 Å². The van der Waals surface area contributed by atoms with Crippen LogP contribution in [0.15, 0.2) is 0 Å². The quantitative estimate of drug-likeness (QED) is 0.894. The van der Waals surface area contributed by atoms with Gasteiger partial charge in [0.1, 0.15) is 0 Å². The lowest BCUT2D eigenvalue weighted by atomic mass is 10.1. The Hall–Kier alpha value is -0.610. The normalized spacial score (nSPS) is 20.5. The van der Waals surface area contributed by atoms with Gasteiger partial charge in [0, 0.05) is 24.0 Å². The predicted octanol–water partition coefficient (Wildman–Crippen LogP) is 2.97. The molecule has 17 heavy (non-hydrogen) atoms. The summed E-state index contributed by atoms with van der Waals surface area (Å²) in [6, 6.07) is 0.656. The Morgan fingerprint density at radius 3 is 2.82 bits per heavy atom. The van der Waals surface area contributed by atoms with Gasteiger partial charge in [-0.15, -0.1) is 11.3 Å². The molecule has 1 unspecified atom stereocenters. The molecule has 1 aliphatic heterocycles. The van der Waals surface area contributed by atoms with E-state index in [9.17, 15) is 0 Å². The number of rotatable bonds is 4. The molecule has 0 amide bonds. The van der Waals surface area contributed by atoms with E-state index in [2.05, 4.69) is 31.0 Å². The van der Waals surface area contributed by atoms with Crippen molar-refractivity contribution in [2.45, 2.75) is 52.1 Å². The van der Waals surface area contributed by atoms with Gasteiger partial charge in [-0.2, -0.15) is 0 Å². The third-order valence-corrected chi connectivity index (χ3v) is 4.51. The summed E-state index contributed by atoms with van der Waals surface area (Å²) in [5.74, 6) is 0.515. The maximum absolute atomic E-state index is 4.87. The van der Waals surface area contributed by atoms with Crippen molar-refractivity contribution in [1.82, 2.24) is 10.3 Å². The fourth-order valence-electron chi connectivity index (χ4n) is 2.43. The molecule has 4 heteroatoms. The second-order valence-electron chi connectivity index (χ2n) is 5.17. The van der Waals surface area contributed by atoms with Crippen LogP contribution in [0.1, 0.15) is 50.1 Å². The van der Waals surface area contributed by atoms with E-state index in [1.807, 2.05) is 18.4 Å². The predicted molar refractivity (Wildman–Crippen MR) is 75.0 cm³/mol. The fraction of sp³-hybridized carbons (Fsp3) is 0.769. The minimum atomic E-state index is 0.515. The first kappa shape index (κ1) is 12.8. The summed E-state index contributed by atoms with van der Waals surface area (Å²) in [5, 5.41) is 4.47. The summed E-state index contributed by atoms with van der Waals surface area (Å²) in [5.41, 5.74) is 1.28. The van der Waals surface area contributed by atoms with Gasteiger partial charge in [0.15, 0.2) is 5.13 Å². The molecule has 1 saturated heterocycles. The standard InChI is InChI=1S/C13H23N3S/c1-9(2)12-11(8-14-4)17-13(15-12)16-7-5-6-10(16)3/h9-10,14H,5-8H2,1-4H3. The van der Waals surface area contributed by atoms with E-state index in [4.69, 9.17) is 4.98 Å². The highest BCUT2D eigenvalue weighted by atomic mass is 32.1. The zero-order chi connectivity index (χ0) is 12.4. The van der Waals surface area contributed by atoms with E-state index < -0.39 is 0 Å². The summed E-state index contributed by atoms with van der Waals surface area (Å²) < 4.78 is 0. The molecule has 1 aromatic heterocycles. The SMILES string of the molecule is CNCc1sc(N2CCCC2C)nc1C(C)C. The van der Waals surface area contributed by atoms with Crippen LogP contribution >= 0.6 is 11.3 Å². The number of hydrogen-bond donors (Lipinski definition) is 1. The van der Waals surface area contributed by atoms with Gasteiger partial charge in [0.05, 0.1) is 5.69 Å². The number of hydrogen-bond acceptors (Lipinski definition) is 4. The van der Waals surface area contributed by atoms with Crippen molar-refractivity contribution in [3.05, 3.63) is 10.6 Å². The maximum atomic E-state index is 4.87. The van der Waals surface area contributed by atoms with Gasteiger partial charge in [-0.25, -0.2) is 4.98 Å². The van der Waals surface area contributed by atoms with E-state index in [0.29, 0.717) is 12.0 Å². The van der Waals surface area contributed by atoms with Crippen LogP contribution in [0, 0.1) is 0 Å². The summed E-state index contributed by atoms with van der Waals surface area (Å²) in [6.45, 7) is 8.87. The second kappa shape index (κ2) is 5.36. The van der Waals surface area contributed by atoms with Gasteiger partial charge in [0.2, 0.25) is 0 Å². The van der Waals surface area contributed by atoms with Crippen LogP contribution in [0.2, 0.25) is 0 Å². The molecule has 0 saturated carbocycles. The van der Waals surface area contributed by atoms with E-state index >= 15 is 0 Å². The van der Waals surface area contributed by atoms with Crippen LogP contribution in [0.5, 0.6) is 0 Å². The van der Waals surface area contributed by atoms with Gasteiger partial charge in [-0.3, -0.25) is 0 Å². The van der Waals surface area contributed by atoms with Crippen LogP contribution in [0.4, 0.5) is 5.13 Å². The smallest absolute Gasteiger partial charge is 0.186 e. The first-order valence-corrected chi connectivity index (χ1v) is 7.36. The number of nitrogens with one attached hydrogen (secondary N) is 1. The highest BCUT2D eigenvalue weighted by molar-refractivity contribution is 7.15. The summed E-state index contributed by atoms with van der Waals surface area (Å²) in [6.07, 6.45) is 2.61. The van der Waals surface area contributed by atoms with Crippen LogP contribution in [0.25, 0.3) is 0 Å². The summed E-state index contributed by atoms with van der Waals surface area (Å²) in [4.78, 5) is 8.73. The third kappa shape index (κ3) is 2.63. The van der Waals surface area contributed by atoms with Crippen molar-refractivity contribution in [1.29, 1.82) is 0 Å². The zero-order valence-electron chi connectivity index (χ0n) is 11.3. The van der Waals surface area contributed by atoms with Crippen LogP contribution in [-0.4, -0.2) is 24.6 Å². The Morgan fingerprint density at radius 1 is 1.53 bits per heavy atom. The van der Waals surface area contributed by atoms with E-state index in [1.54, 1.807) is 0 Å². The van der Waals surface area contributed by atoms with E-state index in [0.717, 1.165) is 6.54 Å². The van der Waals surface area contributed by atoms with Crippen molar-refractivity contribution >= 4 is 16.5 Å². The number of aromatic nitrogens is 1. The Balaban J connectivity index is 2.26. The molecule has 96 valence electrons. The maximum Gasteiger partial charge on any atom is 0.186 e. The van der Waals surface area contributed by atoms with Gasteiger partial charge >= 0.3 is 0 Å². The molecular formula is C13H23N3S. The van der Waals surface area contributed by atoms with Crippen LogP contribution in [0.3, 0.4) is 0 Å². The molecular weight excluding hydrogens is 230 g/mol. The van der Waals surface area contributed by atoms with Crippen molar-refractivity contribution in [3.8, 4) is 0 Å². The van der Waals surface area contributed by atoms with Crippen molar-refractivity contribution in [2.24, 2.45) is 0 Å². The molecule has 1 aromatic rings. The Labute approximate surface area is 108 Å². The Kier molecular flexibility index (Phi) is 4.05. The van der Waals surface area contributed by atoms with Gasteiger partial charge in [-0.05, 0) is 32.7 Å². The molecule has 1 fully saturated rings. The topological polar surface area (TPSA) is 28.2 Å². The number of anilines is 1. The van der Waals surface area contributed by atoms with Crippen molar-refractivity contribution in [3.63, 3.8) is 0 Å². The molecule has 0 radical (unpaired) electrons. The summed E-state index contributed by atoms with van der Waals surface area (Å²) >= 11 is 1.87. The molecule has 0 aromatic carbocycles. The summed E-state index contributed by atoms with van der Waals surface area (Å²) in [7, 11) is 2.00. The van der Waals surface area contributed by atoms with Crippen molar-refractivity contribution < 1.29 is 0 Å². The largest absolute Gasteiger partial charge is 0.345 e. The highest BCUT2D eigenvalue weighted by Gasteiger charge is 2.25. The van der Waals surface area contributed by atoms with E-state index in [-0.39, 0.29) is 0 Å². The first-order chi connectivity index (χ1) is 8.13.